The number of ketones is 1. The maximum Gasteiger partial charge on any atom is 0.251 e. The summed E-state index contributed by atoms with van der Waals surface area (Å²) in [5.41, 5.74) is 1.45. The van der Waals surface area contributed by atoms with Gasteiger partial charge in [0.15, 0.2) is 5.78 Å². The Labute approximate surface area is 221 Å². The van der Waals surface area contributed by atoms with Crippen LogP contribution in [0.4, 0.5) is 5.69 Å². The largest absolute Gasteiger partial charge is 0.369 e. The van der Waals surface area contributed by atoms with Gasteiger partial charge in [0, 0.05) is 49.9 Å². The van der Waals surface area contributed by atoms with Gasteiger partial charge in [0.05, 0.1) is 6.10 Å². The average Bonchev–Trinajstić information content (AvgIpc) is 3.43. The zero-order chi connectivity index (χ0) is 26.9. The van der Waals surface area contributed by atoms with Crippen molar-refractivity contribution < 1.29 is 19.1 Å². The minimum atomic E-state index is -0.714. The van der Waals surface area contributed by atoms with Gasteiger partial charge in [-0.15, -0.1) is 0 Å². The van der Waals surface area contributed by atoms with Gasteiger partial charge in [-0.25, -0.2) is 0 Å². The van der Waals surface area contributed by atoms with Gasteiger partial charge in [-0.2, -0.15) is 0 Å². The van der Waals surface area contributed by atoms with E-state index >= 15 is 0 Å². The predicted molar refractivity (Wildman–Crippen MR) is 145 cm³/mol. The van der Waals surface area contributed by atoms with Crippen molar-refractivity contribution in [1.29, 1.82) is 0 Å². The molecule has 204 valence electrons. The number of fused-ring (bicyclic) bond motifs is 1. The molecule has 0 aliphatic carbocycles. The van der Waals surface area contributed by atoms with Crippen molar-refractivity contribution in [1.82, 2.24) is 15.1 Å². The lowest BCUT2D eigenvalue weighted by molar-refractivity contribution is -0.138. The average molecular weight is 513 g/mol. The van der Waals surface area contributed by atoms with Gasteiger partial charge >= 0.3 is 0 Å². The molecule has 0 radical (unpaired) electrons. The lowest BCUT2D eigenvalue weighted by atomic mass is 9.87. The molecule has 8 nitrogen and oxygen atoms in total. The van der Waals surface area contributed by atoms with Gasteiger partial charge in [0.2, 0.25) is 5.91 Å². The third kappa shape index (κ3) is 6.17. The molecule has 4 atom stereocenters. The van der Waals surface area contributed by atoms with Crippen molar-refractivity contribution in [3.8, 4) is 0 Å². The monoisotopic (exact) mass is 512 g/mol. The molecule has 8 heteroatoms. The third-order valence-corrected chi connectivity index (χ3v) is 8.10. The van der Waals surface area contributed by atoms with Crippen LogP contribution in [0.2, 0.25) is 0 Å². The number of amides is 2. The first-order valence-corrected chi connectivity index (χ1v) is 13.8. The molecule has 4 rings (SSSR count). The van der Waals surface area contributed by atoms with Crippen LogP contribution < -0.4 is 10.2 Å². The Morgan fingerprint density at radius 2 is 1.73 bits per heavy atom. The number of hydrogen-bond donors (Lipinski definition) is 1. The Balaban J connectivity index is 1.47. The number of carbonyl (C=O) groups excluding carboxylic acids is 3. The number of likely N-dealkylation sites (tertiary alicyclic amines) is 1. The molecule has 3 heterocycles. The number of nitrogens with one attached hydrogen (secondary N) is 1. The fourth-order valence-corrected chi connectivity index (χ4v) is 5.91. The normalized spacial score (nSPS) is 25.5. The smallest absolute Gasteiger partial charge is 0.251 e. The third-order valence-electron chi connectivity index (χ3n) is 8.10. The second kappa shape index (κ2) is 11.1. The molecule has 3 aliphatic rings. The van der Waals surface area contributed by atoms with Gasteiger partial charge < -0.3 is 24.8 Å². The van der Waals surface area contributed by atoms with Crippen LogP contribution >= 0.6 is 0 Å². The van der Waals surface area contributed by atoms with Crippen LogP contribution in [0.3, 0.4) is 0 Å². The van der Waals surface area contributed by atoms with Crippen LogP contribution in [0.1, 0.15) is 58.3 Å². The SMILES string of the molecule is CCN1CCN(c2ccc(C(=O)N[C@@H](CC(C)(C)C)C(=O)N3C[C@H](C(C)C)[C@H]4OCC(=O)[C@H]43)cc2)CC1. The van der Waals surface area contributed by atoms with Crippen molar-refractivity contribution in [3.63, 3.8) is 0 Å². The number of nitrogens with zero attached hydrogens (tertiary/aromatic N) is 3. The van der Waals surface area contributed by atoms with Gasteiger partial charge in [-0.05, 0) is 48.6 Å². The molecule has 1 N–H and O–H groups in total. The van der Waals surface area contributed by atoms with Crippen molar-refractivity contribution in [2.24, 2.45) is 17.3 Å². The van der Waals surface area contributed by atoms with Crippen molar-refractivity contribution >= 4 is 23.3 Å². The van der Waals surface area contributed by atoms with Crippen LogP contribution in [0.25, 0.3) is 0 Å². The van der Waals surface area contributed by atoms with Crippen molar-refractivity contribution in [2.75, 3.05) is 50.8 Å². The Morgan fingerprint density at radius 3 is 2.30 bits per heavy atom. The molecule has 0 bridgehead atoms. The number of benzene rings is 1. The number of likely N-dealkylation sites (N-methyl/N-ethyl adjacent to an activating group) is 1. The van der Waals surface area contributed by atoms with E-state index in [1.807, 2.05) is 24.3 Å². The van der Waals surface area contributed by atoms with E-state index in [2.05, 4.69) is 56.7 Å². The molecule has 3 aliphatic heterocycles. The number of anilines is 1. The highest BCUT2D eigenvalue weighted by Crippen LogP contribution is 2.37. The first-order valence-electron chi connectivity index (χ1n) is 13.8. The summed E-state index contributed by atoms with van der Waals surface area (Å²) in [6, 6.07) is 6.39. The molecule has 0 unspecified atom stereocenters. The summed E-state index contributed by atoms with van der Waals surface area (Å²) >= 11 is 0. The highest BCUT2D eigenvalue weighted by Gasteiger charge is 2.53. The number of hydrogen-bond acceptors (Lipinski definition) is 6. The number of ether oxygens (including phenoxy) is 1. The molecular formula is C29H44N4O4. The van der Waals surface area contributed by atoms with Crippen LogP contribution in [-0.4, -0.2) is 91.5 Å². The van der Waals surface area contributed by atoms with E-state index in [0.717, 1.165) is 38.4 Å². The second-order valence-electron chi connectivity index (χ2n) is 12.3. The summed E-state index contributed by atoms with van der Waals surface area (Å²) < 4.78 is 5.81. The minimum absolute atomic E-state index is 0.0438. The Morgan fingerprint density at radius 1 is 1.08 bits per heavy atom. The van der Waals surface area contributed by atoms with Crippen LogP contribution in [0.5, 0.6) is 0 Å². The highest BCUT2D eigenvalue weighted by molar-refractivity contribution is 5.99. The van der Waals surface area contributed by atoms with E-state index in [4.69, 9.17) is 4.74 Å². The summed E-state index contributed by atoms with van der Waals surface area (Å²) in [7, 11) is 0. The van der Waals surface area contributed by atoms with Crippen molar-refractivity contribution in [2.45, 2.75) is 66.2 Å². The summed E-state index contributed by atoms with van der Waals surface area (Å²) in [4.78, 5) is 46.3. The first-order chi connectivity index (χ1) is 17.5. The van der Waals surface area contributed by atoms with E-state index in [-0.39, 0.29) is 47.6 Å². The number of Topliss-reactive ketones (excluding diaryl/α,β-unsaturated/α-hetero) is 1. The molecular weight excluding hydrogens is 468 g/mol. The van der Waals surface area contributed by atoms with Crippen molar-refractivity contribution in [3.05, 3.63) is 29.8 Å². The maximum absolute atomic E-state index is 13.9. The number of piperazine rings is 1. The topological polar surface area (TPSA) is 82.2 Å². The molecule has 3 saturated heterocycles. The maximum atomic E-state index is 13.9. The van der Waals surface area contributed by atoms with Crippen LogP contribution in [0, 0.1) is 17.3 Å². The Hall–Kier alpha value is -2.45. The zero-order valence-corrected chi connectivity index (χ0v) is 23.3. The van der Waals surface area contributed by atoms with E-state index < -0.39 is 12.1 Å². The van der Waals surface area contributed by atoms with Gasteiger partial charge in [0.25, 0.3) is 5.91 Å². The van der Waals surface area contributed by atoms with Crippen LogP contribution in [-0.2, 0) is 14.3 Å². The summed E-state index contributed by atoms with van der Waals surface area (Å²) in [5.74, 6) is -0.105. The molecule has 1 aromatic rings. The molecule has 0 aromatic heterocycles. The lowest BCUT2D eigenvalue weighted by Crippen LogP contribution is -2.53. The molecule has 0 spiro atoms. The molecule has 1 aromatic carbocycles. The van der Waals surface area contributed by atoms with Crippen LogP contribution in [0.15, 0.2) is 24.3 Å². The lowest BCUT2D eigenvalue weighted by Gasteiger charge is -2.35. The first kappa shape index (κ1) is 27.6. The van der Waals surface area contributed by atoms with E-state index in [0.29, 0.717) is 18.5 Å². The summed E-state index contributed by atoms with van der Waals surface area (Å²) in [5, 5.41) is 3.02. The van der Waals surface area contributed by atoms with E-state index in [1.165, 1.54) is 0 Å². The molecule has 0 saturated carbocycles. The Kier molecular flexibility index (Phi) is 8.29. The molecule has 37 heavy (non-hydrogen) atoms. The molecule has 2 amide bonds. The standard InChI is InChI=1S/C29H44N4O4/c1-7-31-12-14-32(15-13-31)21-10-8-20(9-11-21)27(35)30-23(16-29(4,5)6)28(36)33-17-22(19(2)3)26-25(33)24(34)18-37-26/h8-11,19,22-23,25-26H,7,12-18H2,1-6H3,(H,30,35)/t22-,23+,25-,26-/m1/s1. The summed E-state index contributed by atoms with van der Waals surface area (Å²) in [6.07, 6.45) is 0.223. The number of rotatable bonds is 7. The summed E-state index contributed by atoms with van der Waals surface area (Å²) in [6.45, 7) is 18.2. The minimum Gasteiger partial charge on any atom is -0.369 e. The van der Waals surface area contributed by atoms with Gasteiger partial charge in [-0.1, -0.05) is 41.5 Å². The fourth-order valence-electron chi connectivity index (χ4n) is 5.91. The van der Waals surface area contributed by atoms with E-state index in [9.17, 15) is 14.4 Å². The Bertz CT molecular complexity index is 979. The highest BCUT2D eigenvalue weighted by atomic mass is 16.5. The van der Waals surface area contributed by atoms with E-state index in [1.54, 1.807) is 4.90 Å². The fraction of sp³-hybridized carbons (Fsp3) is 0.690. The van der Waals surface area contributed by atoms with Gasteiger partial charge in [0.1, 0.15) is 18.7 Å². The molecule has 3 fully saturated rings. The number of carbonyl (C=O) groups is 3. The van der Waals surface area contributed by atoms with Gasteiger partial charge in [-0.3, -0.25) is 14.4 Å². The quantitative estimate of drug-likeness (QED) is 0.605. The predicted octanol–water partition coefficient (Wildman–Crippen LogP) is 2.81. The second-order valence-corrected chi connectivity index (χ2v) is 12.3. The zero-order valence-electron chi connectivity index (χ0n) is 23.3.